The van der Waals surface area contributed by atoms with Gasteiger partial charge in [-0.3, -0.25) is 9.80 Å². The highest BCUT2D eigenvalue weighted by molar-refractivity contribution is 5.14. The summed E-state index contributed by atoms with van der Waals surface area (Å²) in [4.78, 5) is 5.09. The number of hydrogen-bond acceptors (Lipinski definition) is 2. The molecule has 0 bridgehead atoms. The van der Waals surface area contributed by atoms with Gasteiger partial charge in [0.1, 0.15) is 0 Å². The van der Waals surface area contributed by atoms with Gasteiger partial charge in [0, 0.05) is 19.6 Å². The lowest BCUT2D eigenvalue weighted by atomic mass is 10.2. The Morgan fingerprint density at radius 1 is 1.06 bits per heavy atom. The van der Waals surface area contributed by atoms with E-state index in [1.165, 1.54) is 38.0 Å². The van der Waals surface area contributed by atoms with E-state index in [-0.39, 0.29) is 0 Å². The lowest BCUT2D eigenvalue weighted by Crippen LogP contribution is -2.26. The summed E-state index contributed by atoms with van der Waals surface area (Å²) in [5.74, 6) is 0. The SMILES string of the molecule is CCCCN1CCN(Cc2ccccc2)C1. The zero-order valence-electron chi connectivity index (χ0n) is 10.2. The molecule has 1 aliphatic rings. The summed E-state index contributed by atoms with van der Waals surface area (Å²) >= 11 is 0. The summed E-state index contributed by atoms with van der Waals surface area (Å²) < 4.78 is 0. The zero-order valence-corrected chi connectivity index (χ0v) is 10.2. The third-order valence-corrected chi connectivity index (χ3v) is 3.21. The normalized spacial score (nSPS) is 18.1. The predicted octanol–water partition coefficient (Wildman–Crippen LogP) is 2.56. The summed E-state index contributed by atoms with van der Waals surface area (Å²) in [5, 5.41) is 0. The molecule has 0 saturated carbocycles. The molecular weight excluding hydrogens is 196 g/mol. The molecular formula is C14H22N2. The maximum atomic E-state index is 2.56. The Kier molecular flexibility index (Phi) is 4.37. The van der Waals surface area contributed by atoms with Crippen LogP contribution in [-0.4, -0.2) is 36.1 Å². The largest absolute Gasteiger partial charge is 0.289 e. The van der Waals surface area contributed by atoms with Crippen LogP contribution in [0.4, 0.5) is 0 Å². The highest BCUT2D eigenvalue weighted by Crippen LogP contribution is 2.11. The second-order valence-corrected chi connectivity index (χ2v) is 4.65. The van der Waals surface area contributed by atoms with Gasteiger partial charge >= 0.3 is 0 Å². The van der Waals surface area contributed by atoms with Crippen molar-refractivity contribution < 1.29 is 0 Å². The summed E-state index contributed by atoms with van der Waals surface area (Å²) in [7, 11) is 0. The predicted molar refractivity (Wildman–Crippen MR) is 68.2 cm³/mol. The maximum Gasteiger partial charge on any atom is 0.0510 e. The van der Waals surface area contributed by atoms with Crippen molar-refractivity contribution >= 4 is 0 Å². The Balaban J connectivity index is 1.76. The van der Waals surface area contributed by atoms with Crippen LogP contribution in [0.2, 0.25) is 0 Å². The molecule has 0 aliphatic carbocycles. The molecule has 1 aliphatic heterocycles. The summed E-state index contributed by atoms with van der Waals surface area (Å²) in [6, 6.07) is 10.8. The fourth-order valence-corrected chi connectivity index (χ4v) is 2.24. The molecule has 88 valence electrons. The first-order chi connectivity index (χ1) is 7.88. The van der Waals surface area contributed by atoms with Gasteiger partial charge in [0.05, 0.1) is 6.67 Å². The number of unbranched alkanes of at least 4 members (excludes halogenated alkanes) is 1. The fourth-order valence-electron chi connectivity index (χ4n) is 2.24. The molecule has 0 radical (unpaired) electrons. The minimum absolute atomic E-state index is 1.10. The van der Waals surface area contributed by atoms with Gasteiger partial charge in [-0.15, -0.1) is 0 Å². The Labute approximate surface area is 98.9 Å². The molecule has 0 unspecified atom stereocenters. The Morgan fingerprint density at radius 2 is 1.81 bits per heavy atom. The van der Waals surface area contributed by atoms with Gasteiger partial charge < -0.3 is 0 Å². The first kappa shape index (κ1) is 11.6. The van der Waals surface area contributed by atoms with Crippen molar-refractivity contribution in [1.29, 1.82) is 0 Å². The summed E-state index contributed by atoms with van der Waals surface area (Å²) in [6.07, 6.45) is 2.63. The zero-order chi connectivity index (χ0) is 11.2. The molecule has 0 atom stereocenters. The van der Waals surface area contributed by atoms with Gasteiger partial charge in [0.25, 0.3) is 0 Å². The van der Waals surface area contributed by atoms with Gasteiger partial charge in [0.2, 0.25) is 0 Å². The van der Waals surface area contributed by atoms with Crippen LogP contribution in [-0.2, 0) is 6.54 Å². The van der Waals surface area contributed by atoms with Gasteiger partial charge in [-0.05, 0) is 18.5 Å². The van der Waals surface area contributed by atoms with Crippen LogP contribution in [0.3, 0.4) is 0 Å². The first-order valence-electron chi connectivity index (χ1n) is 6.37. The van der Waals surface area contributed by atoms with Crippen molar-refractivity contribution in [2.75, 3.05) is 26.3 Å². The average molecular weight is 218 g/mol. The van der Waals surface area contributed by atoms with Gasteiger partial charge in [0.15, 0.2) is 0 Å². The smallest absolute Gasteiger partial charge is 0.0510 e. The number of rotatable bonds is 5. The van der Waals surface area contributed by atoms with Crippen molar-refractivity contribution in [3.05, 3.63) is 35.9 Å². The lowest BCUT2D eigenvalue weighted by Gasteiger charge is -2.17. The quantitative estimate of drug-likeness (QED) is 0.749. The van der Waals surface area contributed by atoms with Crippen molar-refractivity contribution in [2.24, 2.45) is 0 Å². The standard InChI is InChI=1S/C14H22N2/c1-2-3-9-15-10-11-16(13-15)12-14-7-5-4-6-8-14/h4-8H,2-3,9-13H2,1H3. The number of nitrogens with zero attached hydrogens (tertiary/aromatic N) is 2. The topological polar surface area (TPSA) is 6.48 Å². The molecule has 0 spiro atoms. The Morgan fingerprint density at radius 3 is 2.56 bits per heavy atom. The van der Waals surface area contributed by atoms with Crippen LogP contribution in [0.25, 0.3) is 0 Å². The summed E-state index contributed by atoms with van der Waals surface area (Å²) in [6.45, 7) is 8.24. The van der Waals surface area contributed by atoms with Crippen LogP contribution in [0.15, 0.2) is 30.3 Å². The molecule has 2 heteroatoms. The van der Waals surface area contributed by atoms with Crippen LogP contribution in [0, 0.1) is 0 Å². The van der Waals surface area contributed by atoms with E-state index in [0.29, 0.717) is 0 Å². The van der Waals surface area contributed by atoms with Gasteiger partial charge in [-0.2, -0.15) is 0 Å². The molecule has 1 aromatic carbocycles. The van der Waals surface area contributed by atoms with E-state index in [0.717, 1.165) is 13.2 Å². The Bertz CT molecular complexity index is 297. The summed E-state index contributed by atoms with van der Waals surface area (Å²) in [5.41, 5.74) is 1.43. The van der Waals surface area contributed by atoms with Crippen LogP contribution in [0.1, 0.15) is 25.3 Å². The van der Waals surface area contributed by atoms with Crippen LogP contribution in [0.5, 0.6) is 0 Å². The highest BCUT2D eigenvalue weighted by Gasteiger charge is 2.18. The molecule has 1 fully saturated rings. The van der Waals surface area contributed by atoms with E-state index >= 15 is 0 Å². The molecule has 0 aromatic heterocycles. The lowest BCUT2D eigenvalue weighted by molar-refractivity contribution is 0.238. The third-order valence-electron chi connectivity index (χ3n) is 3.21. The Hall–Kier alpha value is -0.860. The molecule has 16 heavy (non-hydrogen) atoms. The average Bonchev–Trinajstić information content (AvgIpc) is 2.75. The second-order valence-electron chi connectivity index (χ2n) is 4.65. The van der Waals surface area contributed by atoms with Crippen molar-refractivity contribution in [1.82, 2.24) is 9.80 Å². The molecule has 0 amide bonds. The van der Waals surface area contributed by atoms with E-state index in [2.05, 4.69) is 47.1 Å². The molecule has 1 heterocycles. The molecule has 2 rings (SSSR count). The molecule has 0 N–H and O–H groups in total. The minimum Gasteiger partial charge on any atom is -0.289 e. The number of benzene rings is 1. The maximum absolute atomic E-state index is 2.56. The second kappa shape index (κ2) is 6.02. The van der Waals surface area contributed by atoms with E-state index in [1.54, 1.807) is 0 Å². The van der Waals surface area contributed by atoms with Crippen LogP contribution >= 0.6 is 0 Å². The monoisotopic (exact) mass is 218 g/mol. The number of hydrogen-bond donors (Lipinski definition) is 0. The van der Waals surface area contributed by atoms with E-state index in [9.17, 15) is 0 Å². The van der Waals surface area contributed by atoms with E-state index in [4.69, 9.17) is 0 Å². The highest BCUT2D eigenvalue weighted by atomic mass is 15.4. The molecule has 1 saturated heterocycles. The van der Waals surface area contributed by atoms with Crippen LogP contribution < -0.4 is 0 Å². The molecule has 1 aromatic rings. The third kappa shape index (κ3) is 3.32. The fraction of sp³-hybridized carbons (Fsp3) is 0.571. The molecule has 2 nitrogen and oxygen atoms in total. The van der Waals surface area contributed by atoms with Crippen molar-refractivity contribution in [3.63, 3.8) is 0 Å². The minimum atomic E-state index is 1.10. The van der Waals surface area contributed by atoms with E-state index < -0.39 is 0 Å². The van der Waals surface area contributed by atoms with Gasteiger partial charge in [-0.1, -0.05) is 43.7 Å². The van der Waals surface area contributed by atoms with Crippen molar-refractivity contribution in [3.8, 4) is 0 Å². The van der Waals surface area contributed by atoms with Gasteiger partial charge in [-0.25, -0.2) is 0 Å². The van der Waals surface area contributed by atoms with Crippen molar-refractivity contribution in [2.45, 2.75) is 26.3 Å². The first-order valence-corrected chi connectivity index (χ1v) is 6.37. The van der Waals surface area contributed by atoms with E-state index in [1.807, 2.05) is 0 Å².